The predicted molar refractivity (Wildman–Crippen MR) is 67.7 cm³/mol. The highest BCUT2D eigenvalue weighted by Crippen LogP contribution is 2.23. The van der Waals surface area contributed by atoms with Crippen molar-refractivity contribution in [2.45, 2.75) is 6.92 Å². The highest BCUT2D eigenvalue weighted by Gasteiger charge is 2.20. The van der Waals surface area contributed by atoms with Crippen molar-refractivity contribution in [1.82, 2.24) is 0 Å². The van der Waals surface area contributed by atoms with Gasteiger partial charge in [0.1, 0.15) is 5.82 Å². The Morgan fingerprint density at radius 1 is 1.21 bits per heavy atom. The molecule has 0 saturated heterocycles. The van der Waals surface area contributed by atoms with Gasteiger partial charge < -0.3 is 0 Å². The van der Waals surface area contributed by atoms with Crippen LogP contribution in [0.1, 0.15) is 21.5 Å². The van der Waals surface area contributed by atoms with E-state index in [-0.39, 0.29) is 16.8 Å². The zero-order chi connectivity index (χ0) is 14.0. The third-order valence-corrected chi connectivity index (χ3v) is 2.76. The number of ketones is 1. The van der Waals surface area contributed by atoms with Crippen LogP contribution in [0.4, 0.5) is 10.1 Å². The second-order valence-electron chi connectivity index (χ2n) is 4.07. The molecule has 2 rings (SSSR count). The standard InChI is InChI=1S/C14H10FNO3/c1-9-7-11(12(15)8-13(9)16(18)19)14(17)10-5-3-2-4-6-10/h2-8H,1H3. The molecule has 19 heavy (non-hydrogen) atoms. The Balaban J connectivity index is 2.50. The Morgan fingerprint density at radius 3 is 2.42 bits per heavy atom. The van der Waals surface area contributed by atoms with Crippen LogP contribution in [-0.4, -0.2) is 10.7 Å². The molecule has 0 fully saturated rings. The molecule has 0 radical (unpaired) electrons. The lowest BCUT2D eigenvalue weighted by Gasteiger charge is -2.05. The fourth-order valence-electron chi connectivity index (χ4n) is 1.79. The van der Waals surface area contributed by atoms with E-state index in [1.54, 1.807) is 30.3 Å². The number of nitrogens with zero attached hydrogens (tertiary/aromatic N) is 1. The number of nitro benzene ring substituents is 1. The first-order chi connectivity index (χ1) is 9.00. The Morgan fingerprint density at radius 2 is 1.84 bits per heavy atom. The Hall–Kier alpha value is -2.56. The SMILES string of the molecule is Cc1cc(C(=O)c2ccccc2)c(F)cc1[N+](=O)[O-]. The molecule has 0 aliphatic heterocycles. The van der Waals surface area contributed by atoms with Crippen molar-refractivity contribution in [2.24, 2.45) is 0 Å². The maximum atomic E-state index is 13.8. The van der Waals surface area contributed by atoms with Gasteiger partial charge in [-0.3, -0.25) is 14.9 Å². The van der Waals surface area contributed by atoms with Gasteiger partial charge in [-0.2, -0.15) is 0 Å². The van der Waals surface area contributed by atoms with Crippen LogP contribution in [0.5, 0.6) is 0 Å². The first-order valence-corrected chi connectivity index (χ1v) is 5.55. The summed E-state index contributed by atoms with van der Waals surface area (Å²) >= 11 is 0. The zero-order valence-corrected chi connectivity index (χ0v) is 10.1. The largest absolute Gasteiger partial charge is 0.288 e. The molecule has 0 heterocycles. The molecule has 0 N–H and O–H groups in total. The first-order valence-electron chi connectivity index (χ1n) is 5.55. The van der Waals surface area contributed by atoms with E-state index in [1.165, 1.54) is 13.0 Å². The predicted octanol–water partition coefficient (Wildman–Crippen LogP) is 3.27. The Labute approximate surface area is 108 Å². The molecule has 2 aromatic rings. The molecule has 5 heteroatoms. The molecule has 4 nitrogen and oxygen atoms in total. The maximum Gasteiger partial charge on any atom is 0.275 e. The van der Waals surface area contributed by atoms with E-state index in [2.05, 4.69) is 0 Å². The summed E-state index contributed by atoms with van der Waals surface area (Å²) in [5, 5.41) is 10.7. The minimum atomic E-state index is -0.883. The number of hydrogen-bond acceptors (Lipinski definition) is 3. The van der Waals surface area contributed by atoms with Crippen LogP contribution in [-0.2, 0) is 0 Å². The van der Waals surface area contributed by atoms with Crippen molar-refractivity contribution < 1.29 is 14.1 Å². The summed E-state index contributed by atoms with van der Waals surface area (Å²) in [7, 11) is 0. The summed E-state index contributed by atoms with van der Waals surface area (Å²) in [6.07, 6.45) is 0. The molecule has 0 aromatic heterocycles. The third-order valence-electron chi connectivity index (χ3n) is 2.76. The van der Waals surface area contributed by atoms with Crippen molar-refractivity contribution in [3.63, 3.8) is 0 Å². The van der Waals surface area contributed by atoms with Crippen LogP contribution in [0.3, 0.4) is 0 Å². The molecule has 2 aromatic carbocycles. The normalized spacial score (nSPS) is 10.2. The lowest BCUT2D eigenvalue weighted by atomic mass is 10.0. The Bertz CT molecular complexity index is 653. The topological polar surface area (TPSA) is 60.2 Å². The second-order valence-corrected chi connectivity index (χ2v) is 4.07. The van der Waals surface area contributed by atoms with Gasteiger partial charge >= 0.3 is 0 Å². The summed E-state index contributed by atoms with van der Waals surface area (Å²) in [6, 6.07) is 10.2. The maximum absolute atomic E-state index is 13.8. The van der Waals surface area contributed by atoms with E-state index < -0.39 is 16.5 Å². The molecule has 0 aliphatic rings. The number of halogens is 1. The fraction of sp³-hybridized carbons (Fsp3) is 0.0714. The van der Waals surface area contributed by atoms with E-state index in [1.807, 2.05) is 0 Å². The Kier molecular flexibility index (Phi) is 3.37. The van der Waals surface area contributed by atoms with E-state index in [4.69, 9.17) is 0 Å². The number of rotatable bonds is 3. The van der Waals surface area contributed by atoms with Crippen LogP contribution >= 0.6 is 0 Å². The molecular weight excluding hydrogens is 249 g/mol. The van der Waals surface area contributed by atoms with Gasteiger partial charge in [0, 0.05) is 11.1 Å². The van der Waals surface area contributed by atoms with Gasteiger partial charge in [-0.15, -0.1) is 0 Å². The highest BCUT2D eigenvalue weighted by molar-refractivity contribution is 6.09. The van der Waals surface area contributed by atoms with Crippen molar-refractivity contribution >= 4 is 11.5 Å². The lowest BCUT2D eigenvalue weighted by Crippen LogP contribution is -2.06. The molecular formula is C14H10FNO3. The van der Waals surface area contributed by atoms with Gasteiger partial charge in [-0.05, 0) is 13.0 Å². The molecule has 0 amide bonds. The van der Waals surface area contributed by atoms with Gasteiger partial charge in [-0.1, -0.05) is 30.3 Å². The zero-order valence-electron chi connectivity index (χ0n) is 10.1. The van der Waals surface area contributed by atoms with Crippen LogP contribution in [0.15, 0.2) is 42.5 Å². The quantitative estimate of drug-likeness (QED) is 0.483. The minimum absolute atomic E-state index is 0.158. The highest BCUT2D eigenvalue weighted by atomic mass is 19.1. The number of carbonyl (C=O) groups excluding carboxylic acids is 1. The second kappa shape index (κ2) is 4.97. The van der Waals surface area contributed by atoms with Crippen LogP contribution < -0.4 is 0 Å². The number of benzene rings is 2. The van der Waals surface area contributed by atoms with Gasteiger partial charge in [0.25, 0.3) is 5.69 Å². The van der Waals surface area contributed by atoms with Gasteiger partial charge in [0.15, 0.2) is 5.78 Å². The lowest BCUT2D eigenvalue weighted by molar-refractivity contribution is -0.385. The molecule has 0 saturated carbocycles. The summed E-state index contributed by atoms with van der Waals surface area (Å²) in [4.78, 5) is 22.1. The van der Waals surface area contributed by atoms with Crippen molar-refractivity contribution in [3.05, 3.63) is 75.1 Å². The van der Waals surface area contributed by atoms with Crippen molar-refractivity contribution in [2.75, 3.05) is 0 Å². The smallest absolute Gasteiger partial charge is 0.275 e. The fourth-order valence-corrected chi connectivity index (χ4v) is 1.79. The summed E-state index contributed by atoms with van der Waals surface area (Å²) in [6.45, 7) is 1.47. The number of aryl methyl sites for hydroxylation is 1. The van der Waals surface area contributed by atoms with Crippen LogP contribution in [0.2, 0.25) is 0 Å². The van der Waals surface area contributed by atoms with Crippen LogP contribution in [0, 0.1) is 22.9 Å². The van der Waals surface area contributed by atoms with E-state index in [0.29, 0.717) is 5.56 Å². The number of hydrogen-bond donors (Lipinski definition) is 0. The molecule has 0 aliphatic carbocycles. The number of nitro groups is 1. The van der Waals surface area contributed by atoms with E-state index in [9.17, 15) is 19.3 Å². The molecule has 0 atom stereocenters. The molecule has 0 unspecified atom stereocenters. The molecule has 96 valence electrons. The van der Waals surface area contributed by atoms with Crippen molar-refractivity contribution in [3.8, 4) is 0 Å². The van der Waals surface area contributed by atoms with Crippen molar-refractivity contribution in [1.29, 1.82) is 0 Å². The average Bonchev–Trinajstić information content (AvgIpc) is 2.41. The van der Waals surface area contributed by atoms with E-state index >= 15 is 0 Å². The van der Waals surface area contributed by atoms with Gasteiger partial charge in [0.05, 0.1) is 16.6 Å². The monoisotopic (exact) mass is 259 g/mol. The average molecular weight is 259 g/mol. The third kappa shape index (κ3) is 2.49. The van der Waals surface area contributed by atoms with Gasteiger partial charge in [-0.25, -0.2) is 4.39 Å². The summed E-state index contributed by atoms with van der Waals surface area (Å²) in [5.74, 6) is -1.37. The van der Waals surface area contributed by atoms with E-state index in [0.717, 1.165) is 6.07 Å². The summed E-state index contributed by atoms with van der Waals surface area (Å²) < 4.78 is 13.8. The van der Waals surface area contributed by atoms with Crippen LogP contribution in [0.25, 0.3) is 0 Å². The summed E-state index contributed by atoms with van der Waals surface area (Å²) in [5.41, 5.74) is 0.108. The molecule has 0 spiro atoms. The molecule has 0 bridgehead atoms. The number of carbonyl (C=O) groups is 1. The van der Waals surface area contributed by atoms with Gasteiger partial charge in [0.2, 0.25) is 0 Å². The first kappa shape index (κ1) is 12.9. The minimum Gasteiger partial charge on any atom is -0.288 e.